The molecule has 1 amide bonds. The zero-order valence-corrected chi connectivity index (χ0v) is 20.2. The third kappa shape index (κ3) is 9.35. The number of rotatable bonds is 6. The van der Waals surface area contributed by atoms with Gasteiger partial charge in [0.2, 0.25) is 3.79 Å². The molecule has 3 aromatic rings. The summed E-state index contributed by atoms with van der Waals surface area (Å²) in [6.45, 7) is 1.49. The number of hydrogen-bond acceptors (Lipinski definition) is 3. The van der Waals surface area contributed by atoms with Crippen molar-refractivity contribution in [3.8, 4) is 0 Å². The van der Waals surface area contributed by atoms with Crippen LogP contribution in [0.4, 0.5) is 0 Å². The first-order valence-corrected chi connectivity index (χ1v) is 11.1. The number of benzene rings is 3. The molecule has 0 spiro atoms. The minimum atomic E-state index is -2.08. The van der Waals surface area contributed by atoms with Crippen molar-refractivity contribution >= 4 is 64.6 Å². The van der Waals surface area contributed by atoms with E-state index < -0.39 is 15.4 Å². The largest absolute Gasteiger partial charge is 0.512 e. The summed E-state index contributed by atoms with van der Waals surface area (Å²) < 4.78 is -2.08. The summed E-state index contributed by atoms with van der Waals surface area (Å²) in [5, 5.41) is 19.7. The van der Waals surface area contributed by atoms with Gasteiger partial charge in [0, 0.05) is 6.54 Å². The van der Waals surface area contributed by atoms with Crippen LogP contribution in [0.3, 0.4) is 0 Å². The maximum atomic E-state index is 12.0. The van der Waals surface area contributed by atoms with Crippen LogP contribution in [0.25, 0.3) is 0 Å². The standard InChI is InChI=1S/C13H13Cl3N2O2.C12H10B/c1-8(19)10(11(17)13(14,15)16)12(20)18-7-9-5-3-2-4-6-9;1-3-7-11(8-4-1)13-12-9-5-2-6-10-12/h2-6,17,19H,7H2,1H3,(H,18,20);1-10H. The molecule has 0 saturated carbocycles. The number of hydrogen-bond donors (Lipinski definition) is 3. The minimum absolute atomic E-state index is 0.240. The number of nitrogens with one attached hydrogen (secondary N) is 2. The number of carbonyl (C=O) groups excluding carboxylic acids is 1. The van der Waals surface area contributed by atoms with Gasteiger partial charge in [-0.25, -0.2) is 0 Å². The summed E-state index contributed by atoms with van der Waals surface area (Å²) in [6.07, 6.45) is 0. The second-order valence-electron chi connectivity index (χ2n) is 6.97. The van der Waals surface area contributed by atoms with E-state index in [-0.39, 0.29) is 17.9 Å². The van der Waals surface area contributed by atoms with Gasteiger partial charge >= 0.3 is 0 Å². The summed E-state index contributed by atoms with van der Waals surface area (Å²) in [5.41, 5.74) is 2.44. The predicted molar refractivity (Wildman–Crippen MR) is 140 cm³/mol. The molecule has 0 aliphatic heterocycles. The molecule has 3 aromatic carbocycles. The molecule has 1 radical (unpaired) electrons. The van der Waals surface area contributed by atoms with Crippen molar-refractivity contribution in [2.45, 2.75) is 17.3 Å². The molecular weight excluding hydrogens is 477 g/mol. The second kappa shape index (κ2) is 13.1. The molecular formula is C25H23BCl3N2O2. The van der Waals surface area contributed by atoms with Gasteiger partial charge in [0.25, 0.3) is 5.91 Å². The molecule has 0 heterocycles. The summed E-state index contributed by atoms with van der Waals surface area (Å²) in [5.74, 6) is -1.06. The lowest BCUT2D eigenvalue weighted by atomic mass is 9.64. The highest BCUT2D eigenvalue weighted by atomic mass is 35.6. The average molecular weight is 501 g/mol. The quantitative estimate of drug-likeness (QED) is 0.149. The fraction of sp³-hybridized carbons (Fsp3) is 0.120. The Morgan fingerprint density at radius 1 is 0.879 bits per heavy atom. The number of alkyl halides is 3. The topological polar surface area (TPSA) is 73.2 Å². The van der Waals surface area contributed by atoms with Gasteiger partial charge in [-0.05, 0) is 12.5 Å². The van der Waals surface area contributed by atoms with Gasteiger partial charge in [0.15, 0.2) is 7.28 Å². The lowest BCUT2D eigenvalue weighted by Crippen LogP contribution is -2.33. The van der Waals surface area contributed by atoms with E-state index in [1.807, 2.05) is 42.5 Å². The van der Waals surface area contributed by atoms with Crippen molar-refractivity contribution in [2.75, 3.05) is 0 Å². The Morgan fingerprint density at radius 2 is 1.30 bits per heavy atom. The minimum Gasteiger partial charge on any atom is -0.512 e. The smallest absolute Gasteiger partial charge is 0.256 e. The van der Waals surface area contributed by atoms with E-state index in [0.29, 0.717) is 0 Å². The van der Waals surface area contributed by atoms with E-state index >= 15 is 0 Å². The highest BCUT2D eigenvalue weighted by Gasteiger charge is 2.34. The van der Waals surface area contributed by atoms with Crippen LogP contribution in [-0.4, -0.2) is 27.8 Å². The first-order chi connectivity index (χ1) is 15.7. The van der Waals surface area contributed by atoms with Gasteiger partial charge in [-0.1, -0.05) is 137 Å². The van der Waals surface area contributed by atoms with E-state index in [1.54, 1.807) is 0 Å². The molecule has 0 saturated heterocycles. The first-order valence-electron chi connectivity index (χ1n) is 10.0. The summed E-state index contributed by atoms with van der Waals surface area (Å²) in [4.78, 5) is 12.0. The number of halogens is 3. The Kier molecular flexibility index (Phi) is 10.5. The van der Waals surface area contributed by atoms with Gasteiger partial charge in [-0.2, -0.15) is 0 Å². The van der Waals surface area contributed by atoms with E-state index in [9.17, 15) is 9.90 Å². The average Bonchev–Trinajstić information content (AvgIpc) is 2.79. The molecule has 3 rings (SSSR count). The fourth-order valence-corrected chi connectivity index (χ4v) is 3.04. The van der Waals surface area contributed by atoms with Gasteiger partial charge in [0.1, 0.15) is 11.3 Å². The lowest BCUT2D eigenvalue weighted by molar-refractivity contribution is -0.117. The number of carbonyl (C=O) groups is 1. The van der Waals surface area contributed by atoms with Gasteiger partial charge in [0.05, 0.1) is 5.71 Å². The highest BCUT2D eigenvalue weighted by Crippen LogP contribution is 2.31. The highest BCUT2D eigenvalue weighted by molar-refractivity contribution is 6.78. The van der Waals surface area contributed by atoms with Gasteiger partial charge in [-0.15, -0.1) is 0 Å². The molecule has 3 N–H and O–H groups in total. The van der Waals surface area contributed by atoms with Crippen molar-refractivity contribution < 1.29 is 9.90 Å². The molecule has 33 heavy (non-hydrogen) atoms. The predicted octanol–water partition coefficient (Wildman–Crippen LogP) is 4.87. The van der Waals surface area contributed by atoms with Gasteiger partial charge in [-0.3, -0.25) is 10.2 Å². The molecule has 0 unspecified atom stereocenters. The zero-order chi connectivity index (χ0) is 24.3. The van der Waals surface area contributed by atoms with Gasteiger partial charge < -0.3 is 10.4 Å². The maximum Gasteiger partial charge on any atom is 0.256 e. The molecule has 8 heteroatoms. The normalized spacial score (nSPS) is 11.4. The second-order valence-corrected chi connectivity index (χ2v) is 9.25. The van der Waals surface area contributed by atoms with Crippen LogP contribution in [0.2, 0.25) is 0 Å². The van der Waals surface area contributed by atoms with Crippen molar-refractivity contribution in [1.82, 2.24) is 5.32 Å². The Morgan fingerprint density at radius 3 is 1.70 bits per heavy atom. The SMILES string of the molecule is CC(O)=C(C(=N)C(Cl)(Cl)Cl)C(=O)NCc1ccccc1.[B](c1ccccc1)c1ccccc1. The number of aliphatic hydroxyl groups is 1. The van der Waals surface area contributed by atoms with Crippen LogP contribution in [0.1, 0.15) is 12.5 Å². The third-order valence-corrected chi connectivity index (χ3v) is 4.92. The molecule has 0 atom stereocenters. The van der Waals surface area contributed by atoms with Crippen molar-refractivity contribution in [3.05, 3.63) is 108 Å². The molecule has 0 aliphatic carbocycles. The van der Waals surface area contributed by atoms with Crippen LogP contribution in [-0.2, 0) is 11.3 Å². The fourth-order valence-electron chi connectivity index (χ4n) is 2.76. The van der Waals surface area contributed by atoms with Crippen LogP contribution < -0.4 is 16.2 Å². The monoisotopic (exact) mass is 499 g/mol. The molecule has 0 aromatic heterocycles. The van der Waals surface area contributed by atoms with Crippen molar-refractivity contribution in [2.24, 2.45) is 0 Å². The molecule has 4 nitrogen and oxygen atoms in total. The Bertz CT molecular complexity index is 1030. The number of amides is 1. The van der Waals surface area contributed by atoms with E-state index in [1.165, 1.54) is 17.8 Å². The molecule has 0 bridgehead atoms. The Labute approximate surface area is 210 Å². The maximum absolute atomic E-state index is 12.0. The van der Waals surface area contributed by atoms with E-state index in [4.69, 9.17) is 40.2 Å². The Hall–Kier alpha value is -2.73. The summed E-state index contributed by atoms with van der Waals surface area (Å²) in [7, 11) is 2.17. The molecule has 0 fully saturated rings. The third-order valence-electron chi connectivity index (χ3n) is 4.35. The lowest BCUT2D eigenvalue weighted by Gasteiger charge is -2.16. The zero-order valence-electron chi connectivity index (χ0n) is 17.9. The van der Waals surface area contributed by atoms with E-state index in [2.05, 4.69) is 61.1 Å². The summed E-state index contributed by atoms with van der Waals surface area (Å²) in [6, 6.07) is 29.9. The van der Waals surface area contributed by atoms with Crippen LogP contribution in [0.15, 0.2) is 102 Å². The van der Waals surface area contributed by atoms with Crippen molar-refractivity contribution in [3.63, 3.8) is 0 Å². The van der Waals surface area contributed by atoms with E-state index in [0.717, 1.165) is 5.56 Å². The molecule has 0 aliphatic rings. The summed E-state index contributed by atoms with van der Waals surface area (Å²) >= 11 is 16.7. The van der Waals surface area contributed by atoms with Crippen LogP contribution in [0.5, 0.6) is 0 Å². The van der Waals surface area contributed by atoms with Crippen LogP contribution in [0, 0.1) is 5.41 Å². The number of aliphatic hydroxyl groups excluding tert-OH is 1. The number of allylic oxidation sites excluding steroid dienone is 1. The first kappa shape index (κ1) is 26.5. The Balaban J connectivity index is 0.000000254. The molecule has 169 valence electrons. The van der Waals surface area contributed by atoms with Crippen molar-refractivity contribution in [1.29, 1.82) is 5.41 Å². The van der Waals surface area contributed by atoms with Crippen LogP contribution >= 0.6 is 34.8 Å².